The van der Waals surface area contributed by atoms with Gasteiger partial charge in [0.05, 0.1) is 5.56 Å². The molecule has 1 aromatic carbocycles. The smallest absolute Gasteiger partial charge is 0.259 e. The molecule has 0 fully saturated rings. The third kappa shape index (κ3) is 2.04. The molecule has 1 heterocycles. The molecule has 0 atom stereocenters. The molecule has 1 aromatic heterocycles. The van der Waals surface area contributed by atoms with E-state index in [4.69, 9.17) is 5.73 Å². The van der Waals surface area contributed by atoms with Crippen LogP contribution >= 0.6 is 11.3 Å². The van der Waals surface area contributed by atoms with Gasteiger partial charge in [0.2, 0.25) is 0 Å². The van der Waals surface area contributed by atoms with Crippen LogP contribution in [0.4, 0.5) is 10.8 Å². The summed E-state index contributed by atoms with van der Waals surface area (Å²) in [4.78, 5) is 15.9. The highest BCUT2D eigenvalue weighted by atomic mass is 32.1. The van der Waals surface area contributed by atoms with Gasteiger partial charge in [0.1, 0.15) is 0 Å². The van der Waals surface area contributed by atoms with Gasteiger partial charge < -0.3 is 5.73 Å². The molecular formula is C11H11N3OS. The standard InChI is InChI=1S/C11H11N3OS/c1-7-3-2-4-8(12)9(7)10(15)14-11-13-5-6-16-11/h2-6H,12H2,1H3,(H,13,14,15). The summed E-state index contributed by atoms with van der Waals surface area (Å²) in [5.41, 5.74) is 7.62. The summed E-state index contributed by atoms with van der Waals surface area (Å²) in [7, 11) is 0. The molecule has 0 unspecified atom stereocenters. The molecule has 2 aromatic rings. The number of nitrogens with one attached hydrogen (secondary N) is 1. The summed E-state index contributed by atoms with van der Waals surface area (Å²) < 4.78 is 0. The van der Waals surface area contributed by atoms with E-state index in [1.54, 1.807) is 17.6 Å². The van der Waals surface area contributed by atoms with Gasteiger partial charge in [0.25, 0.3) is 5.91 Å². The number of aryl methyl sites for hydroxylation is 1. The van der Waals surface area contributed by atoms with Crippen LogP contribution in [0.25, 0.3) is 0 Å². The maximum Gasteiger partial charge on any atom is 0.259 e. The minimum atomic E-state index is -0.217. The van der Waals surface area contributed by atoms with Gasteiger partial charge in [0.15, 0.2) is 5.13 Å². The predicted octanol–water partition coefficient (Wildman–Crippen LogP) is 2.29. The van der Waals surface area contributed by atoms with Crippen LogP contribution in [0.3, 0.4) is 0 Å². The topological polar surface area (TPSA) is 68.0 Å². The van der Waals surface area contributed by atoms with Gasteiger partial charge in [-0.05, 0) is 18.6 Å². The van der Waals surface area contributed by atoms with Crippen molar-refractivity contribution in [3.05, 3.63) is 40.9 Å². The maximum absolute atomic E-state index is 11.9. The Balaban J connectivity index is 2.28. The van der Waals surface area contributed by atoms with Crippen molar-refractivity contribution in [2.45, 2.75) is 6.92 Å². The summed E-state index contributed by atoms with van der Waals surface area (Å²) in [6, 6.07) is 5.39. The second-order valence-corrected chi connectivity index (χ2v) is 4.23. The molecule has 0 aliphatic heterocycles. The minimum Gasteiger partial charge on any atom is -0.398 e. The third-order valence-electron chi connectivity index (χ3n) is 2.18. The first-order valence-corrected chi connectivity index (χ1v) is 5.62. The van der Waals surface area contributed by atoms with Crippen LogP contribution in [0, 0.1) is 6.92 Å². The fourth-order valence-corrected chi connectivity index (χ4v) is 1.97. The van der Waals surface area contributed by atoms with Gasteiger partial charge in [-0.25, -0.2) is 4.98 Å². The summed E-state index contributed by atoms with van der Waals surface area (Å²) in [6.45, 7) is 1.85. The number of benzene rings is 1. The molecule has 0 radical (unpaired) electrons. The molecule has 0 aliphatic carbocycles. The van der Waals surface area contributed by atoms with E-state index in [0.717, 1.165) is 5.56 Å². The fourth-order valence-electron chi connectivity index (χ4n) is 1.45. The number of hydrogen-bond donors (Lipinski definition) is 2. The van der Waals surface area contributed by atoms with Gasteiger partial charge in [-0.2, -0.15) is 0 Å². The van der Waals surface area contributed by atoms with Gasteiger partial charge in [-0.1, -0.05) is 12.1 Å². The maximum atomic E-state index is 11.9. The Morgan fingerprint density at radius 1 is 1.50 bits per heavy atom. The zero-order chi connectivity index (χ0) is 11.5. The zero-order valence-electron chi connectivity index (χ0n) is 8.73. The van der Waals surface area contributed by atoms with E-state index in [1.807, 2.05) is 19.1 Å². The molecule has 1 amide bonds. The highest BCUT2D eigenvalue weighted by molar-refractivity contribution is 7.13. The Hall–Kier alpha value is -1.88. The predicted molar refractivity (Wildman–Crippen MR) is 65.7 cm³/mol. The Labute approximate surface area is 97.1 Å². The molecule has 16 heavy (non-hydrogen) atoms. The van der Waals surface area contributed by atoms with Crippen molar-refractivity contribution in [3.8, 4) is 0 Å². The SMILES string of the molecule is Cc1cccc(N)c1C(=O)Nc1nccs1. The second-order valence-electron chi connectivity index (χ2n) is 3.33. The lowest BCUT2D eigenvalue weighted by Crippen LogP contribution is -2.15. The van der Waals surface area contributed by atoms with Crippen LogP contribution in [-0.2, 0) is 0 Å². The molecule has 0 spiro atoms. The molecule has 4 nitrogen and oxygen atoms in total. The van der Waals surface area contributed by atoms with E-state index in [2.05, 4.69) is 10.3 Å². The summed E-state index contributed by atoms with van der Waals surface area (Å²) in [5.74, 6) is -0.217. The molecule has 3 N–H and O–H groups in total. The molecular weight excluding hydrogens is 222 g/mol. The van der Waals surface area contributed by atoms with Crippen molar-refractivity contribution in [3.63, 3.8) is 0 Å². The van der Waals surface area contributed by atoms with E-state index >= 15 is 0 Å². The van der Waals surface area contributed by atoms with Crippen LogP contribution in [0.5, 0.6) is 0 Å². The van der Waals surface area contributed by atoms with E-state index in [1.165, 1.54) is 11.3 Å². The first-order valence-electron chi connectivity index (χ1n) is 4.74. The van der Waals surface area contributed by atoms with E-state index in [0.29, 0.717) is 16.4 Å². The number of nitrogens with two attached hydrogens (primary N) is 1. The Kier molecular flexibility index (Phi) is 2.87. The summed E-state index contributed by atoms with van der Waals surface area (Å²) >= 11 is 1.37. The third-order valence-corrected chi connectivity index (χ3v) is 2.87. The number of carbonyl (C=O) groups is 1. The highest BCUT2D eigenvalue weighted by Crippen LogP contribution is 2.19. The first kappa shape index (κ1) is 10.6. The van der Waals surface area contributed by atoms with Crippen molar-refractivity contribution >= 4 is 28.1 Å². The average Bonchev–Trinajstić information content (AvgIpc) is 2.70. The normalized spacial score (nSPS) is 10.1. The Bertz CT molecular complexity index is 488. The van der Waals surface area contributed by atoms with Crippen LogP contribution in [0.2, 0.25) is 0 Å². The van der Waals surface area contributed by atoms with Crippen LogP contribution in [0.1, 0.15) is 15.9 Å². The number of hydrogen-bond acceptors (Lipinski definition) is 4. The van der Waals surface area contributed by atoms with E-state index in [9.17, 15) is 4.79 Å². The quantitative estimate of drug-likeness (QED) is 0.782. The van der Waals surface area contributed by atoms with Crippen molar-refractivity contribution in [1.82, 2.24) is 4.98 Å². The van der Waals surface area contributed by atoms with Gasteiger partial charge in [0, 0.05) is 17.3 Å². The number of nitrogen functional groups attached to an aromatic ring is 1. The van der Waals surface area contributed by atoms with Gasteiger partial charge in [-0.15, -0.1) is 11.3 Å². The number of amides is 1. The van der Waals surface area contributed by atoms with Crippen molar-refractivity contribution in [1.29, 1.82) is 0 Å². The number of aromatic nitrogens is 1. The van der Waals surface area contributed by atoms with Crippen LogP contribution in [0.15, 0.2) is 29.8 Å². The molecule has 2 rings (SSSR count). The number of anilines is 2. The monoisotopic (exact) mass is 233 g/mol. The number of thiazole rings is 1. The second kappa shape index (κ2) is 4.32. The molecule has 0 saturated carbocycles. The molecule has 0 aliphatic rings. The van der Waals surface area contributed by atoms with E-state index in [-0.39, 0.29) is 5.91 Å². The average molecular weight is 233 g/mol. The van der Waals surface area contributed by atoms with Gasteiger partial charge in [-0.3, -0.25) is 10.1 Å². The molecule has 0 bridgehead atoms. The van der Waals surface area contributed by atoms with Crippen molar-refractivity contribution in [2.24, 2.45) is 0 Å². The number of nitrogens with zero attached hydrogens (tertiary/aromatic N) is 1. The summed E-state index contributed by atoms with van der Waals surface area (Å²) in [5, 5.41) is 5.09. The molecule has 82 valence electrons. The zero-order valence-corrected chi connectivity index (χ0v) is 9.54. The number of carbonyl (C=O) groups excluding carboxylic acids is 1. The first-order chi connectivity index (χ1) is 7.68. The van der Waals surface area contributed by atoms with Crippen molar-refractivity contribution in [2.75, 3.05) is 11.1 Å². The lowest BCUT2D eigenvalue weighted by Gasteiger charge is -2.07. The van der Waals surface area contributed by atoms with Crippen LogP contribution in [-0.4, -0.2) is 10.9 Å². The fraction of sp³-hybridized carbons (Fsp3) is 0.0909. The van der Waals surface area contributed by atoms with E-state index < -0.39 is 0 Å². The lowest BCUT2D eigenvalue weighted by atomic mass is 10.1. The highest BCUT2D eigenvalue weighted by Gasteiger charge is 2.13. The summed E-state index contributed by atoms with van der Waals surface area (Å²) in [6.07, 6.45) is 1.64. The molecule has 5 heteroatoms. The van der Waals surface area contributed by atoms with Crippen molar-refractivity contribution < 1.29 is 4.79 Å². The Morgan fingerprint density at radius 3 is 2.94 bits per heavy atom. The Morgan fingerprint density at radius 2 is 2.31 bits per heavy atom. The minimum absolute atomic E-state index is 0.217. The van der Waals surface area contributed by atoms with Gasteiger partial charge >= 0.3 is 0 Å². The van der Waals surface area contributed by atoms with Crippen LogP contribution < -0.4 is 11.1 Å². The molecule has 0 saturated heterocycles. The largest absolute Gasteiger partial charge is 0.398 e. The number of rotatable bonds is 2. The lowest BCUT2D eigenvalue weighted by molar-refractivity contribution is 0.102.